The number of halogens is 1. The van der Waals surface area contributed by atoms with E-state index in [1.807, 2.05) is 0 Å². The zero-order valence-corrected chi connectivity index (χ0v) is 6.27. The molecular weight excluding hydrogens is 140 g/mol. The quantitative estimate of drug-likeness (QED) is 0.536. The van der Waals surface area contributed by atoms with Gasteiger partial charge in [0.15, 0.2) is 0 Å². The molecule has 0 aromatic heterocycles. The number of carbonyl (C=O) groups is 1. The minimum Gasteiger partial charge on any atom is -0.368 e. The van der Waals surface area contributed by atoms with Gasteiger partial charge in [0.1, 0.15) is 6.04 Å². The van der Waals surface area contributed by atoms with Crippen LogP contribution in [0.25, 0.3) is 0 Å². The minimum atomic E-state index is -0.779. The van der Waals surface area contributed by atoms with Crippen molar-refractivity contribution in [2.24, 2.45) is 11.5 Å². The van der Waals surface area contributed by atoms with Crippen molar-refractivity contribution in [2.45, 2.75) is 24.8 Å². The molecule has 0 aliphatic rings. The molecule has 3 nitrogen and oxygen atoms in total. The fourth-order valence-electron chi connectivity index (χ4n) is 0.338. The van der Waals surface area contributed by atoms with Gasteiger partial charge in [0, 0.05) is 0 Å². The third kappa shape index (κ3) is 2.67. The molecule has 0 unspecified atom stereocenters. The summed E-state index contributed by atoms with van der Waals surface area (Å²) in [6.45, 7) is 3.29. The minimum absolute atomic E-state index is 0.574. The van der Waals surface area contributed by atoms with E-state index in [9.17, 15) is 4.79 Å². The highest BCUT2D eigenvalue weighted by molar-refractivity contribution is 6.25. The molecule has 0 bridgehead atoms. The zero-order valence-electron chi connectivity index (χ0n) is 5.52. The maximum Gasteiger partial charge on any atom is 0.236 e. The Balaban J connectivity index is 4.04. The molecule has 1 amide bonds. The van der Waals surface area contributed by atoms with E-state index in [1.54, 1.807) is 13.8 Å². The second-order valence-electron chi connectivity index (χ2n) is 2.44. The fourth-order valence-corrected chi connectivity index (χ4v) is 0.446. The van der Waals surface area contributed by atoms with Gasteiger partial charge in [0.25, 0.3) is 0 Å². The monoisotopic (exact) mass is 150 g/mol. The number of nitrogens with two attached hydrogens (primary N) is 2. The lowest BCUT2D eigenvalue weighted by atomic mass is 10.0. The van der Waals surface area contributed by atoms with Gasteiger partial charge in [-0.15, -0.1) is 11.6 Å². The van der Waals surface area contributed by atoms with Crippen LogP contribution in [-0.2, 0) is 4.79 Å². The first-order chi connectivity index (χ1) is 3.85. The summed E-state index contributed by atoms with van der Waals surface area (Å²) < 4.78 is 0. The largest absolute Gasteiger partial charge is 0.368 e. The second kappa shape index (κ2) is 2.54. The van der Waals surface area contributed by atoms with Crippen molar-refractivity contribution in [1.29, 1.82) is 0 Å². The number of alkyl halides is 1. The van der Waals surface area contributed by atoms with Gasteiger partial charge < -0.3 is 11.5 Å². The topological polar surface area (TPSA) is 69.1 Å². The van der Waals surface area contributed by atoms with Crippen LogP contribution < -0.4 is 11.5 Å². The van der Waals surface area contributed by atoms with Crippen LogP contribution in [0, 0.1) is 0 Å². The molecule has 0 aliphatic carbocycles. The Hall–Kier alpha value is -0.280. The van der Waals surface area contributed by atoms with Crippen molar-refractivity contribution in [3.63, 3.8) is 0 Å². The summed E-state index contributed by atoms with van der Waals surface area (Å²) in [5.41, 5.74) is 10.2. The molecule has 0 spiro atoms. The van der Waals surface area contributed by atoms with Gasteiger partial charge in [-0.2, -0.15) is 0 Å². The zero-order chi connectivity index (χ0) is 7.65. The summed E-state index contributed by atoms with van der Waals surface area (Å²) in [5, 5.41) is 0. The Kier molecular flexibility index (Phi) is 2.46. The lowest BCUT2D eigenvalue weighted by Gasteiger charge is -2.20. The molecule has 4 N–H and O–H groups in total. The van der Waals surface area contributed by atoms with Crippen LogP contribution >= 0.6 is 11.6 Å². The molecular formula is C5H11ClN2O. The fraction of sp³-hybridized carbons (Fsp3) is 0.800. The van der Waals surface area contributed by atoms with Gasteiger partial charge in [-0.25, -0.2) is 0 Å². The van der Waals surface area contributed by atoms with Crippen LogP contribution in [0.15, 0.2) is 0 Å². The SMILES string of the molecule is CC(C)(Cl)[C@H](N)C(N)=O. The van der Waals surface area contributed by atoms with E-state index in [1.165, 1.54) is 0 Å². The Labute approximate surface area is 59.3 Å². The average molecular weight is 151 g/mol. The standard InChI is InChI=1S/C5H11ClN2O/c1-5(2,6)3(7)4(8)9/h3H,7H2,1-2H3,(H2,8,9)/t3-/m1/s1. The van der Waals surface area contributed by atoms with E-state index in [0.29, 0.717) is 0 Å². The first-order valence-corrected chi connectivity index (χ1v) is 2.97. The summed E-state index contributed by atoms with van der Waals surface area (Å²) >= 11 is 5.65. The van der Waals surface area contributed by atoms with Crippen LogP contribution in [0.2, 0.25) is 0 Å². The smallest absolute Gasteiger partial charge is 0.236 e. The molecule has 4 heteroatoms. The number of hydrogen-bond donors (Lipinski definition) is 2. The van der Waals surface area contributed by atoms with Crippen LogP contribution in [0.1, 0.15) is 13.8 Å². The molecule has 0 aliphatic heterocycles. The summed E-state index contributed by atoms with van der Waals surface area (Å²) in [5.74, 6) is -0.574. The summed E-state index contributed by atoms with van der Waals surface area (Å²) in [6.07, 6.45) is 0. The van der Waals surface area contributed by atoms with Gasteiger partial charge in [-0.3, -0.25) is 4.79 Å². The lowest BCUT2D eigenvalue weighted by Crippen LogP contribution is -2.48. The molecule has 0 rings (SSSR count). The van der Waals surface area contributed by atoms with Crippen LogP contribution in [0.4, 0.5) is 0 Å². The van der Waals surface area contributed by atoms with E-state index in [-0.39, 0.29) is 0 Å². The first-order valence-electron chi connectivity index (χ1n) is 2.59. The summed E-state index contributed by atoms with van der Waals surface area (Å²) in [7, 11) is 0. The van der Waals surface area contributed by atoms with Gasteiger partial charge in [-0.05, 0) is 13.8 Å². The van der Waals surface area contributed by atoms with Gasteiger partial charge in [-0.1, -0.05) is 0 Å². The van der Waals surface area contributed by atoms with Crippen LogP contribution in [0.3, 0.4) is 0 Å². The molecule has 0 saturated carbocycles. The van der Waals surface area contributed by atoms with Crippen LogP contribution in [-0.4, -0.2) is 16.8 Å². The Morgan fingerprint density at radius 1 is 1.67 bits per heavy atom. The normalized spacial score (nSPS) is 15.1. The van der Waals surface area contributed by atoms with Crippen molar-refractivity contribution in [1.82, 2.24) is 0 Å². The highest BCUT2D eigenvalue weighted by Crippen LogP contribution is 2.15. The van der Waals surface area contributed by atoms with Crippen molar-refractivity contribution in [3.05, 3.63) is 0 Å². The summed E-state index contributed by atoms with van der Waals surface area (Å²) in [4.78, 5) is 9.61. The molecule has 0 radical (unpaired) electrons. The van der Waals surface area contributed by atoms with Crippen molar-refractivity contribution >= 4 is 17.5 Å². The van der Waals surface area contributed by atoms with Gasteiger partial charge >= 0.3 is 0 Å². The number of primary amides is 1. The number of hydrogen-bond acceptors (Lipinski definition) is 2. The predicted octanol–water partition coefficient (Wildman–Crippen LogP) is -0.184. The predicted molar refractivity (Wildman–Crippen MR) is 37.1 cm³/mol. The molecule has 0 heterocycles. The third-order valence-electron chi connectivity index (χ3n) is 1.05. The van der Waals surface area contributed by atoms with E-state index in [0.717, 1.165) is 0 Å². The maximum atomic E-state index is 10.4. The van der Waals surface area contributed by atoms with Crippen LogP contribution in [0.5, 0.6) is 0 Å². The highest BCUT2D eigenvalue weighted by atomic mass is 35.5. The highest BCUT2D eigenvalue weighted by Gasteiger charge is 2.27. The number of carbonyl (C=O) groups excluding carboxylic acids is 1. The second-order valence-corrected chi connectivity index (χ2v) is 3.42. The number of rotatable bonds is 2. The van der Waals surface area contributed by atoms with Gasteiger partial charge in [0.05, 0.1) is 4.87 Å². The molecule has 0 fully saturated rings. The Bertz CT molecular complexity index is 119. The molecule has 0 aromatic rings. The Morgan fingerprint density at radius 3 is 2.00 bits per heavy atom. The maximum absolute atomic E-state index is 10.4. The lowest BCUT2D eigenvalue weighted by molar-refractivity contribution is -0.119. The molecule has 1 atom stereocenters. The van der Waals surface area contributed by atoms with E-state index in [2.05, 4.69) is 0 Å². The van der Waals surface area contributed by atoms with E-state index < -0.39 is 16.8 Å². The average Bonchev–Trinajstić information content (AvgIpc) is 1.62. The summed E-state index contributed by atoms with van der Waals surface area (Å²) in [6, 6.07) is -0.779. The Morgan fingerprint density at radius 2 is 2.00 bits per heavy atom. The van der Waals surface area contributed by atoms with Crippen molar-refractivity contribution in [3.8, 4) is 0 Å². The molecule has 0 aromatic carbocycles. The first kappa shape index (κ1) is 8.72. The molecule has 0 saturated heterocycles. The van der Waals surface area contributed by atoms with Crippen molar-refractivity contribution < 1.29 is 4.79 Å². The third-order valence-corrected chi connectivity index (χ3v) is 1.28. The number of amides is 1. The molecule has 54 valence electrons. The van der Waals surface area contributed by atoms with Crippen molar-refractivity contribution in [2.75, 3.05) is 0 Å². The van der Waals surface area contributed by atoms with Gasteiger partial charge in [0.2, 0.25) is 5.91 Å². The van der Waals surface area contributed by atoms with E-state index >= 15 is 0 Å². The van der Waals surface area contributed by atoms with E-state index in [4.69, 9.17) is 23.1 Å². The molecule has 9 heavy (non-hydrogen) atoms.